The molecule has 1 N–H and O–H groups in total. The first-order valence-corrected chi connectivity index (χ1v) is 7.50. The molecule has 0 aromatic rings. The third-order valence-electron chi connectivity index (χ3n) is 4.04. The summed E-state index contributed by atoms with van der Waals surface area (Å²) in [5, 5.41) is 3.29. The van der Waals surface area contributed by atoms with E-state index < -0.39 is 17.7 Å². The average Bonchev–Trinajstić information content (AvgIpc) is 2.25. The molecule has 126 valence electrons. The molecular weight excluding hydrogens is 281 g/mol. The van der Waals surface area contributed by atoms with Gasteiger partial charge in [0.15, 0.2) is 6.10 Å². The standard InChI is InChI=1S/C15H29F3N2O/c1-13(2,11-20-8-6-19-7-9-20)10-14(3,4)12(21-5)15(16,17)18/h12,19H,6-11H2,1-5H3. The van der Waals surface area contributed by atoms with Gasteiger partial charge in [-0.2, -0.15) is 13.2 Å². The molecule has 1 heterocycles. The van der Waals surface area contributed by atoms with Crippen LogP contribution in [-0.4, -0.2) is 57.0 Å². The van der Waals surface area contributed by atoms with E-state index in [2.05, 4.69) is 10.2 Å². The van der Waals surface area contributed by atoms with E-state index in [1.54, 1.807) is 13.8 Å². The van der Waals surface area contributed by atoms with Gasteiger partial charge in [0, 0.05) is 45.2 Å². The van der Waals surface area contributed by atoms with Crippen molar-refractivity contribution in [2.24, 2.45) is 10.8 Å². The van der Waals surface area contributed by atoms with Gasteiger partial charge in [-0.3, -0.25) is 0 Å². The molecule has 0 amide bonds. The van der Waals surface area contributed by atoms with Gasteiger partial charge in [-0.15, -0.1) is 0 Å². The molecule has 0 aromatic carbocycles. The largest absolute Gasteiger partial charge is 0.415 e. The first-order valence-electron chi connectivity index (χ1n) is 7.50. The molecule has 0 saturated carbocycles. The summed E-state index contributed by atoms with van der Waals surface area (Å²) in [4.78, 5) is 2.32. The Kier molecular flexibility index (Phi) is 6.09. The zero-order valence-corrected chi connectivity index (χ0v) is 13.8. The third kappa shape index (κ3) is 5.75. The molecule has 0 aliphatic carbocycles. The molecule has 0 aromatic heterocycles. The van der Waals surface area contributed by atoms with Crippen LogP contribution >= 0.6 is 0 Å². The number of nitrogens with one attached hydrogen (secondary N) is 1. The molecule has 6 heteroatoms. The van der Waals surface area contributed by atoms with E-state index in [1.165, 1.54) is 0 Å². The molecule has 0 spiro atoms. The topological polar surface area (TPSA) is 24.5 Å². The molecule has 0 radical (unpaired) electrons. The van der Waals surface area contributed by atoms with Crippen molar-refractivity contribution >= 4 is 0 Å². The fraction of sp³-hybridized carbons (Fsp3) is 1.00. The van der Waals surface area contributed by atoms with Gasteiger partial charge < -0.3 is 15.0 Å². The predicted octanol–water partition coefficient (Wildman–Crippen LogP) is 2.91. The van der Waals surface area contributed by atoms with Crippen LogP contribution in [0.1, 0.15) is 34.1 Å². The summed E-state index contributed by atoms with van der Waals surface area (Å²) in [5.74, 6) is 0. The van der Waals surface area contributed by atoms with Gasteiger partial charge in [-0.1, -0.05) is 27.7 Å². The van der Waals surface area contributed by atoms with E-state index in [0.29, 0.717) is 6.42 Å². The fourth-order valence-corrected chi connectivity index (χ4v) is 3.75. The first kappa shape index (κ1) is 18.7. The predicted molar refractivity (Wildman–Crippen MR) is 78.3 cm³/mol. The molecule has 0 bridgehead atoms. The average molecular weight is 310 g/mol. The molecule has 1 aliphatic rings. The van der Waals surface area contributed by atoms with Gasteiger partial charge in [0.05, 0.1) is 0 Å². The zero-order chi connectivity index (χ0) is 16.3. The molecule has 1 aliphatic heterocycles. The van der Waals surface area contributed by atoms with Crippen LogP contribution in [0.3, 0.4) is 0 Å². The van der Waals surface area contributed by atoms with E-state index >= 15 is 0 Å². The number of alkyl halides is 3. The van der Waals surface area contributed by atoms with Gasteiger partial charge >= 0.3 is 6.18 Å². The van der Waals surface area contributed by atoms with Crippen LogP contribution in [0.25, 0.3) is 0 Å². The van der Waals surface area contributed by atoms with Crippen molar-refractivity contribution in [3.63, 3.8) is 0 Å². The van der Waals surface area contributed by atoms with Crippen LogP contribution < -0.4 is 5.32 Å². The number of rotatable bonds is 6. The molecule has 3 nitrogen and oxygen atoms in total. The van der Waals surface area contributed by atoms with Crippen LogP contribution in [0, 0.1) is 10.8 Å². The highest BCUT2D eigenvalue weighted by Gasteiger charge is 2.51. The van der Waals surface area contributed by atoms with Crippen molar-refractivity contribution in [3.05, 3.63) is 0 Å². The highest BCUT2D eigenvalue weighted by molar-refractivity contribution is 4.90. The van der Waals surface area contributed by atoms with E-state index in [9.17, 15) is 13.2 Å². The summed E-state index contributed by atoms with van der Waals surface area (Å²) >= 11 is 0. The normalized spacial score (nSPS) is 20.6. The summed E-state index contributed by atoms with van der Waals surface area (Å²) < 4.78 is 44.1. The zero-order valence-electron chi connectivity index (χ0n) is 13.8. The van der Waals surface area contributed by atoms with Crippen LogP contribution in [0.2, 0.25) is 0 Å². The molecule has 1 saturated heterocycles. The summed E-state index contributed by atoms with van der Waals surface area (Å²) in [6, 6.07) is 0. The van der Waals surface area contributed by atoms with Crippen LogP contribution in [-0.2, 0) is 4.74 Å². The molecular formula is C15H29F3N2O. The number of ether oxygens (including phenoxy) is 1. The molecule has 1 fully saturated rings. The van der Waals surface area contributed by atoms with Crippen LogP contribution in [0.15, 0.2) is 0 Å². The SMILES string of the molecule is COC(C(F)(F)F)C(C)(C)CC(C)(C)CN1CCNCC1. The summed E-state index contributed by atoms with van der Waals surface area (Å²) in [6.45, 7) is 12.0. The monoisotopic (exact) mass is 310 g/mol. The van der Waals surface area contributed by atoms with Crippen LogP contribution in [0.5, 0.6) is 0 Å². The lowest BCUT2D eigenvalue weighted by molar-refractivity contribution is -0.247. The minimum Gasteiger partial charge on any atom is -0.371 e. The number of nitrogens with zero attached hydrogens (tertiary/aromatic N) is 1. The second-order valence-corrected chi connectivity index (χ2v) is 7.51. The molecule has 1 rings (SSSR count). The van der Waals surface area contributed by atoms with Gasteiger partial charge in [-0.05, 0) is 11.8 Å². The van der Waals surface area contributed by atoms with Crippen LogP contribution in [0.4, 0.5) is 13.2 Å². The first-order chi connectivity index (χ1) is 9.48. The molecule has 1 atom stereocenters. The van der Waals surface area contributed by atoms with Gasteiger partial charge in [0.2, 0.25) is 0 Å². The van der Waals surface area contributed by atoms with Crippen molar-refractivity contribution in [1.29, 1.82) is 0 Å². The van der Waals surface area contributed by atoms with Crippen molar-refractivity contribution in [2.45, 2.75) is 46.4 Å². The Bertz CT molecular complexity index is 323. The number of methoxy groups -OCH3 is 1. The maximum atomic E-state index is 13.1. The van der Waals surface area contributed by atoms with Gasteiger partial charge in [-0.25, -0.2) is 0 Å². The lowest BCUT2D eigenvalue weighted by atomic mass is 9.71. The van der Waals surface area contributed by atoms with Crippen molar-refractivity contribution in [2.75, 3.05) is 39.8 Å². The Morgan fingerprint density at radius 3 is 2.05 bits per heavy atom. The smallest absolute Gasteiger partial charge is 0.371 e. The Morgan fingerprint density at radius 2 is 1.62 bits per heavy atom. The summed E-state index contributed by atoms with van der Waals surface area (Å²) in [5.41, 5.74) is -1.15. The Labute approximate surface area is 126 Å². The maximum absolute atomic E-state index is 13.1. The highest BCUT2D eigenvalue weighted by Crippen LogP contribution is 2.43. The number of hydrogen-bond acceptors (Lipinski definition) is 3. The summed E-state index contributed by atoms with van der Waals surface area (Å²) in [7, 11) is 1.14. The van der Waals surface area contributed by atoms with Crippen molar-refractivity contribution in [1.82, 2.24) is 10.2 Å². The Hall–Kier alpha value is -0.330. The van der Waals surface area contributed by atoms with Crippen molar-refractivity contribution in [3.8, 4) is 0 Å². The van der Waals surface area contributed by atoms with Gasteiger partial charge in [0.25, 0.3) is 0 Å². The lowest BCUT2D eigenvalue weighted by Gasteiger charge is -2.42. The summed E-state index contributed by atoms with van der Waals surface area (Å²) in [6.07, 6.45) is -5.60. The number of piperazine rings is 1. The van der Waals surface area contributed by atoms with Crippen molar-refractivity contribution < 1.29 is 17.9 Å². The second-order valence-electron chi connectivity index (χ2n) is 7.51. The third-order valence-corrected chi connectivity index (χ3v) is 4.04. The van der Waals surface area contributed by atoms with E-state index in [0.717, 1.165) is 39.8 Å². The number of hydrogen-bond donors (Lipinski definition) is 1. The van der Waals surface area contributed by atoms with Gasteiger partial charge in [0.1, 0.15) is 0 Å². The Balaban J connectivity index is 2.70. The second kappa shape index (κ2) is 6.84. The van der Waals surface area contributed by atoms with E-state index in [-0.39, 0.29) is 5.41 Å². The van der Waals surface area contributed by atoms with E-state index in [1.807, 2.05) is 13.8 Å². The molecule has 1 unspecified atom stereocenters. The van der Waals surface area contributed by atoms with E-state index in [4.69, 9.17) is 4.74 Å². The highest BCUT2D eigenvalue weighted by atomic mass is 19.4. The quantitative estimate of drug-likeness (QED) is 0.816. The fourth-order valence-electron chi connectivity index (χ4n) is 3.75. The number of halogens is 3. The minimum atomic E-state index is -4.33. The minimum absolute atomic E-state index is 0.192. The maximum Gasteiger partial charge on any atom is 0.415 e. The Morgan fingerprint density at radius 1 is 1.10 bits per heavy atom. The molecule has 21 heavy (non-hydrogen) atoms. The lowest BCUT2D eigenvalue weighted by Crippen LogP contribution is -2.50.